The number of piperazine rings is 1. The third kappa shape index (κ3) is 4.95. The Hall–Kier alpha value is -2.92. The Morgan fingerprint density at radius 3 is 2.35 bits per heavy atom. The maximum atomic E-state index is 11.2. The number of hydrogen-bond acceptors (Lipinski definition) is 5. The molecule has 2 fully saturated rings. The van der Waals surface area contributed by atoms with Gasteiger partial charge in [-0.25, -0.2) is 4.98 Å². The molecule has 5 nitrogen and oxygen atoms in total. The molecule has 0 amide bonds. The summed E-state index contributed by atoms with van der Waals surface area (Å²) in [7, 11) is 0. The van der Waals surface area contributed by atoms with Crippen molar-refractivity contribution < 1.29 is 9.53 Å². The number of fused-ring (bicyclic) bond motifs is 1. The molecule has 178 valence electrons. The summed E-state index contributed by atoms with van der Waals surface area (Å²) in [5.41, 5.74) is 3.58. The van der Waals surface area contributed by atoms with Crippen LogP contribution >= 0.6 is 0 Å². The smallest absolute Gasteiger partial charge is 0.302 e. The molecule has 0 unspecified atom stereocenters. The van der Waals surface area contributed by atoms with E-state index in [-0.39, 0.29) is 12.1 Å². The van der Waals surface area contributed by atoms with E-state index in [2.05, 4.69) is 71.3 Å². The fourth-order valence-electron chi connectivity index (χ4n) is 5.52. The fraction of sp³-hybridized carbons (Fsp3) is 0.448. The number of pyridine rings is 1. The molecule has 1 aromatic heterocycles. The van der Waals surface area contributed by atoms with Crippen LogP contribution in [0.3, 0.4) is 0 Å². The van der Waals surface area contributed by atoms with E-state index in [4.69, 9.17) is 9.72 Å². The molecule has 0 N–H and O–H groups in total. The first-order valence-corrected chi connectivity index (χ1v) is 12.8. The van der Waals surface area contributed by atoms with Gasteiger partial charge in [0.2, 0.25) is 0 Å². The van der Waals surface area contributed by atoms with Gasteiger partial charge in [0.15, 0.2) is 0 Å². The summed E-state index contributed by atoms with van der Waals surface area (Å²) < 4.78 is 5.41. The Morgan fingerprint density at radius 2 is 1.68 bits per heavy atom. The molecular weight excluding hydrogens is 422 g/mol. The minimum Gasteiger partial charge on any atom is -0.463 e. The van der Waals surface area contributed by atoms with Gasteiger partial charge in [-0.1, -0.05) is 55.5 Å². The highest BCUT2D eigenvalue weighted by Crippen LogP contribution is 2.36. The monoisotopic (exact) mass is 457 g/mol. The molecule has 2 aromatic carbocycles. The summed E-state index contributed by atoms with van der Waals surface area (Å²) in [4.78, 5) is 21.4. The van der Waals surface area contributed by atoms with Crippen LogP contribution in [0.4, 0.5) is 5.82 Å². The van der Waals surface area contributed by atoms with E-state index in [0.29, 0.717) is 5.92 Å². The summed E-state index contributed by atoms with van der Waals surface area (Å²) in [6.45, 7) is 9.06. The highest BCUT2D eigenvalue weighted by molar-refractivity contribution is 5.95. The molecule has 0 spiro atoms. The van der Waals surface area contributed by atoms with Gasteiger partial charge >= 0.3 is 5.97 Å². The molecule has 1 aliphatic carbocycles. The van der Waals surface area contributed by atoms with Crippen molar-refractivity contribution in [3.63, 3.8) is 0 Å². The molecule has 0 bridgehead atoms. The number of likely N-dealkylation sites (N-methyl/N-ethyl adjacent to an activating group) is 1. The molecule has 1 saturated heterocycles. The molecule has 2 aliphatic rings. The number of ether oxygens (including phenoxy) is 1. The number of rotatable bonds is 5. The Labute approximate surface area is 202 Å². The quantitative estimate of drug-likeness (QED) is 0.465. The topological polar surface area (TPSA) is 45.7 Å². The van der Waals surface area contributed by atoms with Crippen molar-refractivity contribution in [2.75, 3.05) is 37.6 Å². The molecule has 3 aromatic rings. The zero-order valence-electron chi connectivity index (χ0n) is 20.4. The Kier molecular flexibility index (Phi) is 6.82. The number of hydrogen-bond donors (Lipinski definition) is 0. The predicted octanol–water partition coefficient (Wildman–Crippen LogP) is 5.63. The summed E-state index contributed by atoms with van der Waals surface area (Å²) in [5, 5.41) is 2.48. The van der Waals surface area contributed by atoms with Crippen LogP contribution in [0.5, 0.6) is 0 Å². The maximum Gasteiger partial charge on any atom is 0.302 e. The van der Waals surface area contributed by atoms with Crippen LogP contribution in [0.25, 0.3) is 22.0 Å². The zero-order chi connectivity index (χ0) is 23.5. The van der Waals surface area contributed by atoms with E-state index < -0.39 is 0 Å². The Morgan fingerprint density at radius 1 is 0.971 bits per heavy atom. The molecular formula is C29H35N3O2. The van der Waals surface area contributed by atoms with Gasteiger partial charge in [-0.15, -0.1) is 0 Å². The second-order valence-corrected chi connectivity index (χ2v) is 9.68. The summed E-state index contributed by atoms with van der Waals surface area (Å²) in [6.07, 6.45) is 4.13. The van der Waals surface area contributed by atoms with Gasteiger partial charge in [-0.3, -0.25) is 4.79 Å². The van der Waals surface area contributed by atoms with Gasteiger partial charge in [0.1, 0.15) is 11.9 Å². The number of esters is 1. The molecule has 1 aliphatic heterocycles. The molecule has 2 heterocycles. The van der Waals surface area contributed by atoms with Crippen LogP contribution < -0.4 is 4.90 Å². The lowest BCUT2D eigenvalue weighted by molar-refractivity contribution is -0.147. The maximum absolute atomic E-state index is 11.2. The molecule has 5 rings (SSSR count). The lowest BCUT2D eigenvalue weighted by Crippen LogP contribution is -2.46. The molecule has 34 heavy (non-hydrogen) atoms. The average Bonchev–Trinajstić information content (AvgIpc) is 2.88. The van der Waals surface area contributed by atoms with E-state index in [1.807, 2.05) is 0 Å². The summed E-state index contributed by atoms with van der Waals surface area (Å²) in [6, 6.07) is 19.8. The molecule has 1 saturated carbocycles. The van der Waals surface area contributed by atoms with Crippen molar-refractivity contribution in [2.45, 2.75) is 51.6 Å². The van der Waals surface area contributed by atoms with Gasteiger partial charge in [0.25, 0.3) is 0 Å². The van der Waals surface area contributed by atoms with Crippen molar-refractivity contribution in [2.24, 2.45) is 0 Å². The van der Waals surface area contributed by atoms with Crippen LogP contribution in [0.15, 0.2) is 54.6 Å². The van der Waals surface area contributed by atoms with Crippen LogP contribution in [-0.2, 0) is 9.53 Å². The predicted molar refractivity (Wildman–Crippen MR) is 138 cm³/mol. The Balaban J connectivity index is 1.37. The van der Waals surface area contributed by atoms with Crippen LogP contribution in [0.2, 0.25) is 0 Å². The van der Waals surface area contributed by atoms with Gasteiger partial charge in [-0.2, -0.15) is 0 Å². The second-order valence-electron chi connectivity index (χ2n) is 9.68. The number of carbonyl (C=O) groups is 1. The van der Waals surface area contributed by atoms with E-state index in [9.17, 15) is 4.79 Å². The third-order valence-corrected chi connectivity index (χ3v) is 7.52. The highest BCUT2D eigenvalue weighted by atomic mass is 16.5. The van der Waals surface area contributed by atoms with Crippen molar-refractivity contribution in [3.8, 4) is 11.3 Å². The van der Waals surface area contributed by atoms with Gasteiger partial charge in [-0.05, 0) is 55.2 Å². The molecule has 0 radical (unpaired) electrons. The van der Waals surface area contributed by atoms with E-state index in [1.165, 1.54) is 23.3 Å². The number of anilines is 1. The van der Waals surface area contributed by atoms with Crippen LogP contribution in [-0.4, -0.2) is 54.7 Å². The first-order chi connectivity index (χ1) is 16.6. The van der Waals surface area contributed by atoms with Crippen molar-refractivity contribution in [1.82, 2.24) is 9.88 Å². The third-order valence-electron chi connectivity index (χ3n) is 7.52. The number of carbonyl (C=O) groups excluding carboxylic acids is 1. The largest absolute Gasteiger partial charge is 0.463 e. The first-order valence-electron chi connectivity index (χ1n) is 12.8. The number of aromatic nitrogens is 1. The van der Waals surface area contributed by atoms with E-state index in [0.717, 1.165) is 75.5 Å². The SMILES string of the molecule is CCN1CCN(c2nc(-c3ccc([C@H]4CC[C@H](OC(C)=O)CC4)cc3)cc3ccccc23)CC1. The molecule has 0 atom stereocenters. The van der Waals surface area contributed by atoms with E-state index in [1.54, 1.807) is 0 Å². The zero-order valence-corrected chi connectivity index (χ0v) is 20.4. The average molecular weight is 458 g/mol. The number of benzene rings is 2. The van der Waals surface area contributed by atoms with Gasteiger partial charge in [0.05, 0.1) is 5.69 Å². The minimum atomic E-state index is -0.165. The van der Waals surface area contributed by atoms with Crippen molar-refractivity contribution in [1.29, 1.82) is 0 Å². The lowest BCUT2D eigenvalue weighted by atomic mass is 9.82. The first kappa shape index (κ1) is 22.9. The fourth-order valence-corrected chi connectivity index (χ4v) is 5.52. The molecule has 5 heteroatoms. The van der Waals surface area contributed by atoms with Crippen LogP contribution in [0, 0.1) is 0 Å². The summed E-state index contributed by atoms with van der Waals surface area (Å²) >= 11 is 0. The highest BCUT2D eigenvalue weighted by Gasteiger charge is 2.24. The normalized spacial score (nSPS) is 21.5. The standard InChI is InChI=1S/C29H35N3O2/c1-3-31-16-18-32(19-17-31)29-27-7-5-4-6-25(27)20-28(30-29)24-10-8-22(9-11-24)23-12-14-26(15-13-23)34-21(2)33/h4-11,20,23,26H,3,12-19H2,1-2H3/t23-,26-. The minimum absolute atomic E-state index is 0.0902. The van der Waals surface area contributed by atoms with Gasteiger partial charge in [0, 0.05) is 44.1 Å². The van der Waals surface area contributed by atoms with Crippen LogP contribution in [0.1, 0.15) is 51.0 Å². The Bertz CT molecular complexity index is 1130. The lowest BCUT2D eigenvalue weighted by Gasteiger charge is -2.35. The van der Waals surface area contributed by atoms with Crippen molar-refractivity contribution >= 4 is 22.6 Å². The van der Waals surface area contributed by atoms with E-state index >= 15 is 0 Å². The van der Waals surface area contributed by atoms with Crippen molar-refractivity contribution in [3.05, 3.63) is 60.2 Å². The summed E-state index contributed by atoms with van der Waals surface area (Å²) in [5.74, 6) is 1.48. The second kappa shape index (κ2) is 10.1. The van der Waals surface area contributed by atoms with Gasteiger partial charge < -0.3 is 14.5 Å². The number of nitrogens with zero attached hydrogens (tertiary/aromatic N) is 3.